The molecule has 1 N–H and O–H groups in total. The molecule has 1 aliphatic carbocycles. The first-order valence-electron chi connectivity index (χ1n) is 8.01. The van der Waals surface area contributed by atoms with E-state index in [1.165, 1.54) is 17.8 Å². The van der Waals surface area contributed by atoms with Gasteiger partial charge in [0.1, 0.15) is 0 Å². The third-order valence-electron chi connectivity index (χ3n) is 4.12. The molecule has 0 saturated heterocycles. The fourth-order valence-corrected chi connectivity index (χ4v) is 3.79. The van der Waals surface area contributed by atoms with E-state index in [1.54, 1.807) is 17.5 Å². The van der Waals surface area contributed by atoms with E-state index in [1.807, 2.05) is 28.3 Å². The molecule has 7 heteroatoms. The van der Waals surface area contributed by atoms with Crippen molar-refractivity contribution >= 4 is 39.7 Å². The number of fused-ring (bicyclic) bond motifs is 1. The molecule has 2 heterocycles. The van der Waals surface area contributed by atoms with Gasteiger partial charge >= 0.3 is 0 Å². The highest BCUT2D eigenvalue weighted by Crippen LogP contribution is 2.41. The zero-order valence-corrected chi connectivity index (χ0v) is 14.6. The molecule has 0 aliphatic heterocycles. The zero-order chi connectivity index (χ0) is 16.5. The lowest BCUT2D eigenvalue weighted by Gasteiger charge is -2.05. The Balaban J connectivity index is 1.31. The van der Waals surface area contributed by atoms with Crippen LogP contribution in [0.25, 0.3) is 10.9 Å². The van der Waals surface area contributed by atoms with Crippen LogP contribution in [0.15, 0.2) is 29.8 Å². The summed E-state index contributed by atoms with van der Waals surface area (Å²) < 4.78 is 1.81. The Bertz CT molecular complexity index is 884. The highest BCUT2D eigenvalue weighted by molar-refractivity contribution is 7.09. The maximum atomic E-state index is 12.1. The Labute approximate surface area is 148 Å². The van der Waals surface area contributed by atoms with E-state index in [9.17, 15) is 4.79 Å². The molecule has 0 spiro atoms. The Kier molecular flexibility index (Phi) is 4.24. The molecule has 0 unspecified atom stereocenters. The molecule has 1 aromatic carbocycles. The van der Waals surface area contributed by atoms with Crippen LogP contribution in [-0.2, 0) is 17.9 Å². The van der Waals surface area contributed by atoms with Gasteiger partial charge in [0.2, 0.25) is 5.91 Å². The summed E-state index contributed by atoms with van der Waals surface area (Å²) in [7, 11) is 0. The molecule has 1 aliphatic rings. The van der Waals surface area contributed by atoms with E-state index in [0.29, 0.717) is 30.5 Å². The minimum absolute atomic E-state index is 0.00153. The fourth-order valence-electron chi connectivity index (χ4n) is 2.63. The number of benzene rings is 1. The number of aryl methyl sites for hydroxylation is 1. The lowest BCUT2D eigenvalue weighted by Crippen LogP contribution is -2.24. The molecule has 0 bridgehead atoms. The molecule has 5 nitrogen and oxygen atoms in total. The molecule has 1 fully saturated rings. The van der Waals surface area contributed by atoms with E-state index in [0.717, 1.165) is 16.6 Å². The number of amides is 1. The molecule has 124 valence electrons. The SMILES string of the molecule is O=C(CCn1ncc2ccc(Cl)cc21)NCc1csc(C2CC2)n1. The zero-order valence-electron chi connectivity index (χ0n) is 13.0. The molecule has 4 rings (SSSR count). The van der Waals surface area contributed by atoms with Gasteiger partial charge in [-0.05, 0) is 31.0 Å². The van der Waals surface area contributed by atoms with Crippen LogP contribution in [0.3, 0.4) is 0 Å². The number of carbonyl (C=O) groups excluding carboxylic acids is 1. The standard InChI is InChI=1S/C17H17ClN4OS/c18-13-4-3-12-8-20-22(15(12)7-13)6-5-16(23)19-9-14-10-24-17(21-14)11-1-2-11/h3-4,7-8,10-11H,1-2,5-6,9H2,(H,19,23). The summed E-state index contributed by atoms with van der Waals surface area (Å²) in [6, 6.07) is 5.64. The summed E-state index contributed by atoms with van der Waals surface area (Å²) in [5, 5.41) is 12.2. The molecule has 3 aromatic rings. The van der Waals surface area contributed by atoms with E-state index < -0.39 is 0 Å². The van der Waals surface area contributed by atoms with Crippen molar-refractivity contribution in [3.8, 4) is 0 Å². The third kappa shape index (κ3) is 3.44. The van der Waals surface area contributed by atoms with Crippen molar-refractivity contribution in [3.05, 3.63) is 45.5 Å². The van der Waals surface area contributed by atoms with E-state index >= 15 is 0 Å². The van der Waals surface area contributed by atoms with Gasteiger partial charge < -0.3 is 5.32 Å². The Hall–Kier alpha value is -1.92. The average Bonchev–Trinajstić information content (AvgIpc) is 3.19. The van der Waals surface area contributed by atoms with Gasteiger partial charge in [-0.15, -0.1) is 11.3 Å². The minimum Gasteiger partial charge on any atom is -0.350 e. The second-order valence-electron chi connectivity index (χ2n) is 6.05. The first-order valence-corrected chi connectivity index (χ1v) is 9.27. The summed E-state index contributed by atoms with van der Waals surface area (Å²) >= 11 is 7.73. The summed E-state index contributed by atoms with van der Waals surface area (Å²) in [6.45, 7) is 1.02. The van der Waals surface area contributed by atoms with Gasteiger partial charge in [0.15, 0.2) is 0 Å². The summed E-state index contributed by atoms with van der Waals surface area (Å²) in [5.41, 5.74) is 1.90. The van der Waals surface area contributed by atoms with Gasteiger partial charge in [-0.1, -0.05) is 11.6 Å². The van der Waals surface area contributed by atoms with Crippen LogP contribution in [-0.4, -0.2) is 20.7 Å². The van der Waals surface area contributed by atoms with Gasteiger partial charge in [0, 0.05) is 28.1 Å². The van der Waals surface area contributed by atoms with Crippen LogP contribution in [0, 0.1) is 0 Å². The van der Waals surface area contributed by atoms with Gasteiger partial charge in [-0.25, -0.2) is 4.98 Å². The summed E-state index contributed by atoms with van der Waals surface area (Å²) in [6.07, 6.45) is 4.67. The fraction of sp³-hybridized carbons (Fsp3) is 0.353. The number of thiazole rings is 1. The minimum atomic E-state index is 0.00153. The van der Waals surface area contributed by atoms with Gasteiger partial charge in [-0.2, -0.15) is 5.10 Å². The molecule has 0 radical (unpaired) electrons. The van der Waals surface area contributed by atoms with Crippen molar-refractivity contribution < 1.29 is 4.79 Å². The summed E-state index contributed by atoms with van der Waals surface area (Å²) in [4.78, 5) is 16.6. The molecule has 1 amide bonds. The van der Waals surface area contributed by atoms with Crippen molar-refractivity contribution in [3.63, 3.8) is 0 Å². The van der Waals surface area contributed by atoms with Crippen LogP contribution in [0.2, 0.25) is 5.02 Å². The van der Waals surface area contributed by atoms with Gasteiger partial charge in [-0.3, -0.25) is 9.48 Å². The number of halogens is 1. The number of hydrogen-bond donors (Lipinski definition) is 1. The van der Waals surface area contributed by atoms with Crippen molar-refractivity contribution in [2.45, 2.75) is 38.3 Å². The largest absolute Gasteiger partial charge is 0.350 e. The van der Waals surface area contributed by atoms with Crippen LogP contribution in [0.1, 0.15) is 35.9 Å². The second kappa shape index (κ2) is 6.53. The molecule has 0 atom stereocenters. The Morgan fingerprint density at radius 2 is 2.29 bits per heavy atom. The second-order valence-corrected chi connectivity index (χ2v) is 7.38. The van der Waals surface area contributed by atoms with E-state index in [-0.39, 0.29) is 5.91 Å². The maximum absolute atomic E-state index is 12.1. The van der Waals surface area contributed by atoms with Crippen molar-refractivity contribution in [1.82, 2.24) is 20.1 Å². The molecule has 1 saturated carbocycles. The Morgan fingerprint density at radius 3 is 3.12 bits per heavy atom. The predicted molar refractivity (Wildman–Crippen MR) is 95.3 cm³/mol. The molecule has 2 aromatic heterocycles. The monoisotopic (exact) mass is 360 g/mol. The van der Waals surface area contributed by atoms with E-state index in [2.05, 4.69) is 15.4 Å². The highest BCUT2D eigenvalue weighted by Gasteiger charge is 2.26. The van der Waals surface area contributed by atoms with Crippen molar-refractivity contribution in [2.24, 2.45) is 0 Å². The van der Waals surface area contributed by atoms with Crippen molar-refractivity contribution in [1.29, 1.82) is 0 Å². The lowest BCUT2D eigenvalue weighted by molar-refractivity contribution is -0.121. The smallest absolute Gasteiger partial charge is 0.222 e. The van der Waals surface area contributed by atoms with Crippen LogP contribution in [0.5, 0.6) is 0 Å². The topological polar surface area (TPSA) is 59.8 Å². The average molecular weight is 361 g/mol. The molecular formula is C17H17ClN4OS. The number of nitrogens with zero attached hydrogens (tertiary/aromatic N) is 3. The normalized spacial score (nSPS) is 14.2. The first kappa shape index (κ1) is 15.6. The third-order valence-corrected chi connectivity index (χ3v) is 5.41. The van der Waals surface area contributed by atoms with Gasteiger partial charge in [0.05, 0.1) is 35.5 Å². The van der Waals surface area contributed by atoms with E-state index in [4.69, 9.17) is 11.6 Å². The number of aromatic nitrogens is 3. The number of hydrogen-bond acceptors (Lipinski definition) is 4. The lowest BCUT2D eigenvalue weighted by atomic mass is 10.2. The van der Waals surface area contributed by atoms with Crippen LogP contribution >= 0.6 is 22.9 Å². The maximum Gasteiger partial charge on any atom is 0.222 e. The Morgan fingerprint density at radius 1 is 1.42 bits per heavy atom. The molecule has 24 heavy (non-hydrogen) atoms. The van der Waals surface area contributed by atoms with Crippen LogP contribution < -0.4 is 5.32 Å². The first-order chi connectivity index (χ1) is 11.7. The summed E-state index contributed by atoms with van der Waals surface area (Å²) in [5.74, 6) is 0.668. The number of nitrogens with one attached hydrogen (secondary N) is 1. The van der Waals surface area contributed by atoms with Crippen molar-refractivity contribution in [2.75, 3.05) is 0 Å². The van der Waals surface area contributed by atoms with Gasteiger partial charge in [0.25, 0.3) is 0 Å². The molecular weight excluding hydrogens is 344 g/mol. The quantitative estimate of drug-likeness (QED) is 0.728. The predicted octanol–water partition coefficient (Wildman–Crippen LogP) is 3.73. The number of carbonyl (C=O) groups is 1. The van der Waals surface area contributed by atoms with Crippen LogP contribution in [0.4, 0.5) is 0 Å². The highest BCUT2D eigenvalue weighted by atomic mass is 35.5. The number of rotatable bonds is 6.